The fourth-order valence-electron chi connectivity index (χ4n) is 1.82. The van der Waals surface area contributed by atoms with E-state index in [-0.39, 0.29) is 17.9 Å². The topological polar surface area (TPSA) is 52.0 Å². The third-order valence-corrected chi connectivity index (χ3v) is 2.98. The van der Waals surface area contributed by atoms with E-state index in [0.717, 1.165) is 6.42 Å². The molecule has 0 saturated carbocycles. The Balaban J connectivity index is 2.20. The molecule has 2 aromatic rings. The average molecular weight is 256 g/mol. The van der Waals surface area contributed by atoms with Gasteiger partial charge in [-0.25, -0.2) is 4.68 Å². The van der Waals surface area contributed by atoms with Gasteiger partial charge in [-0.3, -0.25) is 9.59 Å². The monoisotopic (exact) mass is 256 g/mol. The molecule has 0 saturated heterocycles. The highest BCUT2D eigenvalue weighted by molar-refractivity contribution is 5.95. The zero-order chi connectivity index (χ0) is 13.8. The van der Waals surface area contributed by atoms with Gasteiger partial charge in [-0.05, 0) is 25.0 Å². The highest BCUT2D eigenvalue weighted by atomic mass is 16.1. The van der Waals surface area contributed by atoms with Gasteiger partial charge >= 0.3 is 0 Å². The van der Waals surface area contributed by atoms with Crippen molar-refractivity contribution in [2.24, 2.45) is 0 Å². The first-order chi connectivity index (χ1) is 9.10. The number of hydrogen-bond acceptors (Lipinski definition) is 3. The van der Waals surface area contributed by atoms with Crippen LogP contribution in [0.5, 0.6) is 0 Å². The standard InChI is InChI=1S/C15H16N2O2/c1-3-12-5-7-13(8-6-12)14(18)10-17-15(19)9-4-11(2)16-17/h4-9H,3,10H2,1-2H3. The van der Waals surface area contributed by atoms with Crippen LogP contribution in [0.4, 0.5) is 0 Å². The molecule has 19 heavy (non-hydrogen) atoms. The first-order valence-corrected chi connectivity index (χ1v) is 6.27. The highest BCUT2D eigenvalue weighted by Gasteiger charge is 2.08. The van der Waals surface area contributed by atoms with Crippen LogP contribution in [-0.2, 0) is 13.0 Å². The van der Waals surface area contributed by atoms with Crippen molar-refractivity contribution >= 4 is 5.78 Å². The summed E-state index contributed by atoms with van der Waals surface area (Å²) in [6.45, 7) is 3.83. The molecule has 0 atom stereocenters. The third kappa shape index (κ3) is 3.16. The molecule has 98 valence electrons. The molecule has 1 heterocycles. The molecular weight excluding hydrogens is 240 g/mol. The van der Waals surface area contributed by atoms with Gasteiger partial charge in [0, 0.05) is 11.6 Å². The molecule has 0 fully saturated rings. The van der Waals surface area contributed by atoms with Crippen LogP contribution in [0.15, 0.2) is 41.2 Å². The smallest absolute Gasteiger partial charge is 0.267 e. The second kappa shape index (κ2) is 5.61. The lowest BCUT2D eigenvalue weighted by atomic mass is 10.1. The Morgan fingerprint density at radius 2 is 1.84 bits per heavy atom. The molecule has 2 rings (SSSR count). The minimum atomic E-state index is -0.260. The number of carbonyl (C=O) groups is 1. The maximum absolute atomic E-state index is 12.1. The Hall–Kier alpha value is -2.23. The zero-order valence-corrected chi connectivity index (χ0v) is 11.1. The van der Waals surface area contributed by atoms with E-state index < -0.39 is 0 Å². The normalized spacial score (nSPS) is 10.4. The van der Waals surface area contributed by atoms with Gasteiger partial charge in [0.05, 0.1) is 5.69 Å². The van der Waals surface area contributed by atoms with Crippen molar-refractivity contribution < 1.29 is 4.79 Å². The molecule has 0 radical (unpaired) electrons. The summed E-state index contributed by atoms with van der Waals surface area (Å²) in [6.07, 6.45) is 0.938. The minimum absolute atomic E-state index is 0.0218. The number of carbonyl (C=O) groups excluding carboxylic acids is 1. The first-order valence-electron chi connectivity index (χ1n) is 6.27. The van der Waals surface area contributed by atoms with E-state index in [1.807, 2.05) is 12.1 Å². The molecule has 1 aromatic heterocycles. The summed E-state index contributed by atoms with van der Waals surface area (Å²) in [5.74, 6) is -0.108. The summed E-state index contributed by atoms with van der Waals surface area (Å²) < 4.78 is 1.20. The second-order valence-electron chi connectivity index (χ2n) is 4.44. The molecule has 1 aromatic carbocycles. The van der Waals surface area contributed by atoms with E-state index >= 15 is 0 Å². The molecule has 0 N–H and O–H groups in total. The predicted molar refractivity (Wildman–Crippen MR) is 73.4 cm³/mol. The van der Waals surface area contributed by atoms with Crippen LogP contribution in [0.2, 0.25) is 0 Å². The van der Waals surface area contributed by atoms with Gasteiger partial charge in [0.1, 0.15) is 6.54 Å². The summed E-state index contributed by atoms with van der Waals surface area (Å²) >= 11 is 0. The lowest BCUT2D eigenvalue weighted by Crippen LogP contribution is -2.26. The molecule has 0 bridgehead atoms. The van der Waals surface area contributed by atoms with Gasteiger partial charge in [0.25, 0.3) is 5.56 Å². The van der Waals surface area contributed by atoms with E-state index in [9.17, 15) is 9.59 Å². The van der Waals surface area contributed by atoms with Crippen molar-refractivity contribution in [2.45, 2.75) is 26.8 Å². The van der Waals surface area contributed by atoms with E-state index in [4.69, 9.17) is 0 Å². The number of Topliss-reactive ketones (excluding diaryl/α,β-unsaturated/α-hetero) is 1. The number of aryl methyl sites for hydroxylation is 2. The van der Waals surface area contributed by atoms with Gasteiger partial charge in [0.15, 0.2) is 5.78 Å². The molecule has 4 heteroatoms. The van der Waals surface area contributed by atoms with Crippen LogP contribution in [0.3, 0.4) is 0 Å². The van der Waals surface area contributed by atoms with Gasteiger partial charge in [-0.1, -0.05) is 31.2 Å². The Bertz CT molecular complexity index is 642. The SMILES string of the molecule is CCc1ccc(C(=O)Cn2nc(C)ccc2=O)cc1. The molecule has 4 nitrogen and oxygen atoms in total. The van der Waals surface area contributed by atoms with E-state index in [1.165, 1.54) is 16.3 Å². The average Bonchev–Trinajstić information content (AvgIpc) is 2.43. The quantitative estimate of drug-likeness (QED) is 0.786. The lowest BCUT2D eigenvalue weighted by Gasteiger charge is -2.05. The Kier molecular flexibility index (Phi) is 3.90. The van der Waals surface area contributed by atoms with Crippen molar-refractivity contribution in [1.29, 1.82) is 0 Å². The summed E-state index contributed by atoms with van der Waals surface area (Å²) in [6, 6.07) is 10.5. The highest BCUT2D eigenvalue weighted by Crippen LogP contribution is 2.06. The minimum Gasteiger partial charge on any atom is -0.292 e. The maximum atomic E-state index is 12.1. The number of hydrogen-bond donors (Lipinski definition) is 0. The summed E-state index contributed by atoms with van der Waals surface area (Å²) in [5, 5.41) is 4.06. The maximum Gasteiger partial charge on any atom is 0.267 e. The van der Waals surface area contributed by atoms with Crippen LogP contribution in [0, 0.1) is 6.92 Å². The number of ketones is 1. The van der Waals surface area contributed by atoms with Crippen molar-refractivity contribution in [2.75, 3.05) is 0 Å². The van der Waals surface area contributed by atoms with Gasteiger partial charge in [-0.2, -0.15) is 5.10 Å². The van der Waals surface area contributed by atoms with Gasteiger partial charge in [0.2, 0.25) is 0 Å². The molecule has 0 aliphatic heterocycles. The molecule has 0 aliphatic rings. The Morgan fingerprint density at radius 1 is 1.16 bits per heavy atom. The van der Waals surface area contributed by atoms with Crippen LogP contribution in [0.25, 0.3) is 0 Å². The summed E-state index contributed by atoms with van der Waals surface area (Å²) in [5.41, 5.74) is 2.24. The third-order valence-electron chi connectivity index (χ3n) is 2.98. The molecule has 0 spiro atoms. The van der Waals surface area contributed by atoms with Crippen LogP contribution in [-0.4, -0.2) is 15.6 Å². The largest absolute Gasteiger partial charge is 0.292 e. The molecule has 0 unspecified atom stereocenters. The molecular formula is C15H16N2O2. The van der Waals surface area contributed by atoms with Gasteiger partial charge in [-0.15, -0.1) is 0 Å². The van der Waals surface area contributed by atoms with E-state index in [1.54, 1.807) is 25.1 Å². The number of nitrogens with zero attached hydrogens (tertiary/aromatic N) is 2. The van der Waals surface area contributed by atoms with Gasteiger partial charge < -0.3 is 0 Å². The first kappa shape index (κ1) is 13.2. The fraction of sp³-hybridized carbons (Fsp3) is 0.267. The van der Waals surface area contributed by atoms with Crippen LogP contribution in [0.1, 0.15) is 28.5 Å². The number of rotatable bonds is 4. The number of aromatic nitrogens is 2. The predicted octanol–water partition coefficient (Wildman–Crippen LogP) is 2.00. The second-order valence-corrected chi connectivity index (χ2v) is 4.44. The van der Waals surface area contributed by atoms with Crippen molar-refractivity contribution in [3.63, 3.8) is 0 Å². The fourth-order valence-corrected chi connectivity index (χ4v) is 1.82. The van der Waals surface area contributed by atoms with Crippen molar-refractivity contribution in [3.8, 4) is 0 Å². The van der Waals surface area contributed by atoms with Crippen LogP contribution >= 0.6 is 0 Å². The zero-order valence-electron chi connectivity index (χ0n) is 11.1. The summed E-state index contributed by atoms with van der Waals surface area (Å²) in [7, 11) is 0. The van der Waals surface area contributed by atoms with E-state index in [2.05, 4.69) is 12.0 Å². The Morgan fingerprint density at radius 3 is 2.47 bits per heavy atom. The van der Waals surface area contributed by atoms with Crippen molar-refractivity contribution in [3.05, 3.63) is 63.6 Å². The Labute approximate surface area is 111 Å². The molecule has 0 aliphatic carbocycles. The summed E-state index contributed by atoms with van der Waals surface area (Å²) in [4.78, 5) is 23.7. The van der Waals surface area contributed by atoms with E-state index in [0.29, 0.717) is 11.3 Å². The lowest BCUT2D eigenvalue weighted by molar-refractivity contribution is 0.0965. The van der Waals surface area contributed by atoms with Crippen molar-refractivity contribution in [1.82, 2.24) is 9.78 Å². The molecule has 0 amide bonds. The number of benzene rings is 1. The van der Waals surface area contributed by atoms with Crippen LogP contribution < -0.4 is 5.56 Å².